The Kier molecular flexibility index (Phi) is 24.2. The number of esters is 1. The van der Waals surface area contributed by atoms with Gasteiger partial charge in [-0.05, 0) is 78.1 Å². The Morgan fingerprint density at radius 3 is 2.10 bits per heavy atom. The predicted octanol–water partition coefficient (Wildman–Crippen LogP) is -1.11. The molecule has 10 amide bonds. The number of urea groups is 1. The number of cyclic esters (lactones) is 1. The van der Waals surface area contributed by atoms with E-state index in [1.54, 1.807) is 52.8 Å². The second-order valence-electron chi connectivity index (χ2n) is 17.0. The molecule has 1 aliphatic heterocycles. The number of nitrogens with one attached hydrogen (secondary N) is 7. The number of ether oxygens (including phenoxy) is 2. The largest absolute Gasteiger partial charge is 0.496 e. The summed E-state index contributed by atoms with van der Waals surface area (Å²) in [4.78, 5) is 137. The first kappa shape index (κ1) is 58.1. The standard InChI is InChI=1S/C44H69BrN10O13/c1-9-12-33(58)49-28(15-17-32(46)57)38(60)54-36-24(6)68-43(65)34(22(3)4)52-40(62)30(20-25-14-16-31(67-8)26(45)19-25)55(7)42(64)35(23(5)10-2)53-39(61)29(21-56)51-37(59)27(50-41(36)63)13-11-18-48-44(47)66/h14,16,19,22-24,27-30,34-36,56H,9-13,15,17-18,20-21H2,1-8H3,(H2,46,57)(H,49,58)(H,50,63)(H,51,59)(H,52,62)(H,53,61)(H,54,60)(H3,47,48,66)/t23-,24+,27-,28-,29-,30-,34-,35-,36-/m0/s1. The van der Waals surface area contributed by atoms with Gasteiger partial charge in [0.05, 0.1) is 18.2 Å². The van der Waals surface area contributed by atoms with E-state index >= 15 is 0 Å². The average Bonchev–Trinajstić information content (AvgIpc) is 3.28. The van der Waals surface area contributed by atoms with Gasteiger partial charge in [-0.2, -0.15) is 0 Å². The van der Waals surface area contributed by atoms with Crippen LogP contribution in [0.1, 0.15) is 92.1 Å². The monoisotopic (exact) mass is 1020 g/mol. The molecule has 24 heteroatoms. The van der Waals surface area contributed by atoms with Gasteiger partial charge in [-0.25, -0.2) is 9.59 Å². The average molecular weight is 1030 g/mol. The van der Waals surface area contributed by atoms with Crippen molar-refractivity contribution in [1.29, 1.82) is 0 Å². The van der Waals surface area contributed by atoms with Crippen LogP contribution in [0.4, 0.5) is 4.79 Å². The number of nitrogens with two attached hydrogens (primary N) is 2. The van der Waals surface area contributed by atoms with Crippen LogP contribution in [0.5, 0.6) is 5.75 Å². The van der Waals surface area contributed by atoms with Gasteiger partial charge in [0.1, 0.15) is 54.1 Å². The molecule has 0 bridgehead atoms. The smallest absolute Gasteiger partial charge is 0.329 e. The van der Waals surface area contributed by atoms with Gasteiger partial charge in [-0.1, -0.05) is 47.1 Å². The van der Waals surface area contributed by atoms with E-state index in [2.05, 4.69) is 53.1 Å². The number of aliphatic hydroxyl groups is 1. The number of carbonyl (C=O) groups excluding carboxylic acids is 10. The first-order chi connectivity index (χ1) is 32.0. The summed E-state index contributed by atoms with van der Waals surface area (Å²) in [6, 6.07) is -6.45. The maximum absolute atomic E-state index is 14.5. The van der Waals surface area contributed by atoms with Crippen molar-refractivity contribution in [3.05, 3.63) is 28.2 Å². The highest BCUT2D eigenvalue weighted by Crippen LogP contribution is 2.27. The maximum atomic E-state index is 14.5. The molecule has 0 unspecified atom stereocenters. The van der Waals surface area contributed by atoms with E-state index < -0.39 is 126 Å². The molecule has 12 N–H and O–H groups in total. The molecule has 0 aromatic heterocycles. The number of rotatable bonds is 19. The van der Waals surface area contributed by atoms with Crippen molar-refractivity contribution in [1.82, 2.24) is 42.1 Å². The van der Waals surface area contributed by atoms with Crippen LogP contribution in [0.3, 0.4) is 0 Å². The quantitative estimate of drug-likeness (QED) is 0.0582. The molecule has 2 rings (SSSR count). The minimum Gasteiger partial charge on any atom is -0.496 e. The Balaban J connectivity index is 2.86. The van der Waals surface area contributed by atoms with Crippen molar-refractivity contribution in [2.45, 2.75) is 141 Å². The Morgan fingerprint density at radius 2 is 1.54 bits per heavy atom. The third kappa shape index (κ3) is 17.9. The van der Waals surface area contributed by atoms with Crippen LogP contribution < -0.4 is 53.4 Å². The molecule has 0 aliphatic carbocycles. The molecule has 1 heterocycles. The Bertz CT molecular complexity index is 1970. The van der Waals surface area contributed by atoms with E-state index in [1.807, 2.05) is 0 Å². The highest BCUT2D eigenvalue weighted by atomic mass is 79.9. The zero-order valence-corrected chi connectivity index (χ0v) is 41.5. The van der Waals surface area contributed by atoms with Crippen LogP contribution in [0.25, 0.3) is 0 Å². The summed E-state index contributed by atoms with van der Waals surface area (Å²) in [6.07, 6.45) is -1.78. The number of aliphatic hydroxyl groups excluding tert-OH is 1. The van der Waals surface area contributed by atoms with Crippen molar-refractivity contribution < 1.29 is 62.5 Å². The topological polar surface area (TPSA) is 349 Å². The van der Waals surface area contributed by atoms with Crippen LogP contribution in [-0.4, -0.2) is 145 Å². The van der Waals surface area contributed by atoms with E-state index in [0.29, 0.717) is 28.6 Å². The second-order valence-corrected chi connectivity index (χ2v) is 17.8. The van der Waals surface area contributed by atoms with Crippen molar-refractivity contribution in [2.75, 3.05) is 27.3 Å². The molecule has 1 aliphatic rings. The molecular weight excluding hydrogens is 956 g/mol. The minimum absolute atomic E-state index is 0.00951. The number of nitrogens with zero attached hydrogens (tertiary/aromatic N) is 1. The molecule has 0 saturated carbocycles. The number of hydrogen-bond donors (Lipinski definition) is 10. The molecule has 9 atom stereocenters. The SMILES string of the molecule is CCCC(=O)N[C@@H](CCC(N)=O)C(=O)N[C@@H]1C(=O)N[C@@H](CCCNC(N)=O)C(=O)N[C@@H](CO)C(=O)N[C@@H]([C@@H](C)CC)C(=O)N(C)[C@@H](Cc2ccc(OC)c(Br)c2)C(=O)N[C@@H](C(C)C)C(=O)O[C@@H]1C. The number of carbonyl (C=O) groups is 10. The number of benzene rings is 1. The summed E-state index contributed by atoms with van der Waals surface area (Å²) in [6.45, 7) is 8.58. The fourth-order valence-electron chi connectivity index (χ4n) is 7.06. The van der Waals surface area contributed by atoms with E-state index in [1.165, 1.54) is 21.1 Å². The molecule has 1 fully saturated rings. The number of methoxy groups -OCH3 is 1. The summed E-state index contributed by atoms with van der Waals surface area (Å²) in [7, 11) is 2.83. The molecule has 1 saturated heterocycles. The third-order valence-electron chi connectivity index (χ3n) is 11.3. The summed E-state index contributed by atoms with van der Waals surface area (Å²) in [5.74, 6) is -8.80. The molecule has 68 heavy (non-hydrogen) atoms. The summed E-state index contributed by atoms with van der Waals surface area (Å²) in [5, 5.41) is 28.0. The zero-order valence-electron chi connectivity index (χ0n) is 39.9. The first-order valence-corrected chi connectivity index (χ1v) is 23.3. The van der Waals surface area contributed by atoms with Gasteiger partial charge in [-0.3, -0.25) is 38.4 Å². The van der Waals surface area contributed by atoms with Crippen LogP contribution in [0.15, 0.2) is 22.7 Å². The maximum Gasteiger partial charge on any atom is 0.329 e. The third-order valence-corrected chi connectivity index (χ3v) is 12.0. The van der Waals surface area contributed by atoms with Crippen molar-refractivity contribution in [3.8, 4) is 5.75 Å². The molecular formula is C44H69BrN10O13. The number of primary amides is 2. The Labute approximate surface area is 404 Å². The second kappa shape index (κ2) is 28.3. The van der Waals surface area contributed by atoms with E-state index in [-0.39, 0.29) is 45.1 Å². The highest BCUT2D eigenvalue weighted by Gasteiger charge is 2.41. The van der Waals surface area contributed by atoms with Crippen molar-refractivity contribution in [3.63, 3.8) is 0 Å². The van der Waals surface area contributed by atoms with Gasteiger partial charge < -0.3 is 68.2 Å². The molecule has 380 valence electrons. The van der Waals surface area contributed by atoms with E-state index in [4.69, 9.17) is 20.9 Å². The summed E-state index contributed by atoms with van der Waals surface area (Å²) in [5.41, 5.74) is 11.1. The van der Waals surface area contributed by atoms with Gasteiger partial charge in [0.25, 0.3) is 0 Å². The number of likely N-dealkylation sites (N-methyl/N-ethyl adjacent to an activating group) is 1. The van der Waals surface area contributed by atoms with Gasteiger partial charge in [0.2, 0.25) is 47.3 Å². The van der Waals surface area contributed by atoms with Gasteiger partial charge in [0.15, 0.2) is 0 Å². The van der Waals surface area contributed by atoms with Gasteiger partial charge in [-0.15, -0.1) is 0 Å². The number of hydrogen-bond acceptors (Lipinski definition) is 13. The minimum atomic E-state index is -1.84. The lowest BCUT2D eigenvalue weighted by molar-refractivity contribution is -0.157. The van der Waals surface area contributed by atoms with Crippen LogP contribution in [0.2, 0.25) is 0 Å². The molecule has 23 nitrogen and oxygen atoms in total. The van der Waals surface area contributed by atoms with Crippen molar-refractivity contribution in [2.24, 2.45) is 23.3 Å². The fraction of sp³-hybridized carbons (Fsp3) is 0.636. The normalized spacial score (nSPS) is 23.2. The lowest BCUT2D eigenvalue weighted by Crippen LogP contribution is -2.62. The lowest BCUT2D eigenvalue weighted by Gasteiger charge is -2.34. The summed E-state index contributed by atoms with van der Waals surface area (Å²) >= 11 is 3.44. The number of amides is 10. The van der Waals surface area contributed by atoms with Gasteiger partial charge >= 0.3 is 12.0 Å². The molecule has 1 aromatic rings. The highest BCUT2D eigenvalue weighted by molar-refractivity contribution is 9.10. The van der Waals surface area contributed by atoms with Crippen LogP contribution in [-0.2, 0) is 54.3 Å². The van der Waals surface area contributed by atoms with Gasteiger partial charge in [0, 0.05) is 32.9 Å². The van der Waals surface area contributed by atoms with Crippen LogP contribution >= 0.6 is 15.9 Å². The van der Waals surface area contributed by atoms with Crippen LogP contribution in [0, 0.1) is 11.8 Å². The Morgan fingerprint density at radius 1 is 0.912 bits per heavy atom. The molecule has 0 spiro atoms. The fourth-order valence-corrected chi connectivity index (χ4v) is 7.65. The molecule has 0 radical (unpaired) electrons. The number of halogens is 1. The molecule has 1 aromatic carbocycles. The Hall–Kier alpha value is -6.04. The van der Waals surface area contributed by atoms with E-state index in [9.17, 15) is 53.1 Å². The van der Waals surface area contributed by atoms with Crippen molar-refractivity contribution >= 4 is 75.2 Å². The predicted molar refractivity (Wildman–Crippen MR) is 250 cm³/mol. The lowest BCUT2D eigenvalue weighted by atomic mass is 9.95. The first-order valence-electron chi connectivity index (χ1n) is 22.5. The zero-order chi connectivity index (χ0) is 51.4. The summed E-state index contributed by atoms with van der Waals surface area (Å²) < 4.78 is 11.7. The van der Waals surface area contributed by atoms with E-state index in [0.717, 1.165) is 4.90 Å².